The predicted molar refractivity (Wildman–Crippen MR) is 74.3 cm³/mol. The molecule has 0 bridgehead atoms. The highest BCUT2D eigenvalue weighted by molar-refractivity contribution is 9.10. The van der Waals surface area contributed by atoms with Crippen molar-refractivity contribution >= 4 is 21.6 Å². The molecule has 3 heteroatoms. The lowest BCUT2D eigenvalue weighted by atomic mass is 10.2. The molecular formula is C14H14BrNO. The molecule has 0 aromatic heterocycles. The highest BCUT2D eigenvalue weighted by Gasteiger charge is 2.02. The number of phenolic OH excluding ortho intramolecular Hbond substituents is 1. The lowest BCUT2D eigenvalue weighted by Gasteiger charge is -2.10. The van der Waals surface area contributed by atoms with Gasteiger partial charge in [0.15, 0.2) is 0 Å². The molecule has 0 amide bonds. The smallest absolute Gasteiger partial charge is 0.120 e. The number of aromatic hydroxyl groups is 1. The second-order valence-corrected chi connectivity index (χ2v) is 4.82. The van der Waals surface area contributed by atoms with Crippen LogP contribution in [0.3, 0.4) is 0 Å². The van der Waals surface area contributed by atoms with Crippen LogP contribution in [0.2, 0.25) is 0 Å². The van der Waals surface area contributed by atoms with Crippen molar-refractivity contribution < 1.29 is 5.11 Å². The zero-order valence-corrected chi connectivity index (χ0v) is 11.2. The van der Waals surface area contributed by atoms with Gasteiger partial charge in [0.05, 0.1) is 0 Å². The summed E-state index contributed by atoms with van der Waals surface area (Å²) in [5, 5.41) is 13.0. The van der Waals surface area contributed by atoms with Gasteiger partial charge in [0.2, 0.25) is 0 Å². The Labute approximate surface area is 109 Å². The van der Waals surface area contributed by atoms with Gasteiger partial charge in [-0.25, -0.2) is 0 Å². The van der Waals surface area contributed by atoms with Crippen molar-refractivity contribution in [3.05, 3.63) is 58.1 Å². The summed E-state index contributed by atoms with van der Waals surface area (Å²) in [6.45, 7) is 2.66. The Kier molecular flexibility index (Phi) is 3.69. The number of aryl methyl sites for hydroxylation is 1. The number of phenols is 1. The molecule has 0 heterocycles. The molecule has 0 saturated carbocycles. The van der Waals surface area contributed by atoms with Crippen LogP contribution in [0.4, 0.5) is 5.69 Å². The van der Waals surface area contributed by atoms with E-state index in [4.69, 9.17) is 0 Å². The van der Waals surface area contributed by atoms with Gasteiger partial charge in [-0.05, 0) is 46.6 Å². The molecule has 2 N–H and O–H groups in total. The van der Waals surface area contributed by atoms with Gasteiger partial charge in [-0.2, -0.15) is 0 Å². The van der Waals surface area contributed by atoms with E-state index in [9.17, 15) is 5.11 Å². The number of halogens is 1. The monoisotopic (exact) mass is 291 g/mol. The summed E-state index contributed by atoms with van der Waals surface area (Å²) in [5.74, 6) is 0.323. The maximum Gasteiger partial charge on any atom is 0.120 e. The molecule has 88 valence electrons. The summed E-state index contributed by atoms with van der Waals surface area (Å²) in [5.41, 5.74) is 3.13. The predicted octanol–water partition coefficient (Wildman–Crippen LogP) is 4.08. The van der Waals surface area contributed by atoms with Crippen molar-refractivity contribution in [3.8, 4) is 5.75 Å². The van der Waals surface area contributed by atoms with Gasteiger partial charge in [-0.3, -0.25) is 0 Å². The van der Waals surface area contributed by atoms with Crippen molar-refractivity contribution in [2.24, 2.45) is 0 Å². The normalized spacial score (nSPS) is 10.2. The Balaban J connectivity index is 2.12. The molecule has 0 fully saturated rings. The molecule has 2 rings (SSSR count). The van der Waals surface area contributed by atoms with Gasteiger partial charge in [-0.15, -0.1) is 0 Å². The first-order chi connectivity index (χ1) is 8.16. The number of hydrogen-bond donors (Lipinski definition) is 2. The Morgan fingerprint density at radius 3 is 2.71 bits per heavy atom. The van der Waals surface area contributed by atoms with Crippen molar-refractivity contribution in [2.75, 3.05) is 5.32 Å². The molecule has 0 aliphatic rings. The van der Waals surface area contributed by atoms with E-state index in [0.717, 1.165) is 15.7 Å². The van der Waals surface area contributed by atoms with E-state index in [2.05, 4.69) is 40.3 Å². The van der Waals surface area contributed by atoms with E-state index in [1.54, 1.807) is 6.07 Å². The number of benzene rings is 2. The molecule has 0 aliphatic carbocycles. The molecule has 2 nitrogen and oxygen atoms in total. The van der Waals surface area contributed by atoms with Crippen LogP contribution in [0.1, 0.15) is 11.1 Å². The molecular weight excluding hydrogens is 278 g/mol. The van der Waals surface area contributed by atoms with Crippen LogP contribution in [0.5, 0.6) is 5.75 Å². The number of rotatable bonds is 3. The third kappa shape index (κ3) is 3.01. The first-order valence-electron chi connectivity index (χ1n) is 5.44. The molecule has 0 spiro atoms. The minimum absolute atomic E-state index is 0.323. The number of para-hydroxylation sites is 1. The molecule has 0 atom stereocenters. The van der Waals surface area contributed by atoms with Gasteiger partial charge >= 0.3 is 0 Å². The van der Waals surface area contributed by atoms with Gasteiger partial charge in [-0.1, -0.05) is 24.3 Å². The second-order valence-electron chi connectivity index (χ2n) is 3.97. The van der Waals surface area contributed by atoms with E-state index < -0.39 is 0 Å². The first-order valence-corrected chi connectivity index (χ1v) is 6.23. The van der Waals surface area contributed by atoms with Gasteiger partial charge in [0, 0.05) is 22.3 Å². The zero-order chi connectivity index (χ0) is 12.3. The van der Waals surface area contributed by atoms with Crippen LogP contribution in [0.25, 0.3) is 0 Å². The number of nitrogens with one attached hydrogen (secondary N) is 1. The maximum atomic E-state index is 9.66. The number of hydrogen-bond acceptors (Lipinski definition) is 2. The Morgan fingerprint density at radius 1 is 1.18 bits per heavy atom. The fourth-order valence-corrected chi connectivity index (χ4v) is 2.01. The molecule has 2 aromatic rings. The van der Waals surface area contributed by atoms with Crippen molar-refractivity contribution in [2.45, 2.75) is 13.5 Å². The Bertz CT molecular complexity index is 525. The molecule has 0 radical (unpaired) electrons. The van der Waals surface area contributed by atoms with Crippen LogP contribution < -0.4 is 5.32 Å². The highest BCUT2D eigenvalue weighted by atomic mass is 79.9. The third-order valence-electron chi connectivity index (χ3n) is 2.58. The Hall–Kier alpha value is -1.48. The van der Waals surface area contributed by atoms with Gasteiger partial charge in [0.1, 0.15) is 5.75 Å². The summed E-state index contributed by atoms with van der Waals surface area (Å²) in [4.78, 5) is 0. The maximum absolute atomic E-state index is 9.66. The van der Waals surface area contributed by atoms with Crippen LogP contribution in [-0.2, 0) is 6.54 Å². The van der Waals surface area contributed by atoms with E-state index in [1.165, 1.54) is 5.56 Å². The van der Waals surface area contributed by atoms with Crippen molar-refractivity contribution in [3.63, 3.8) is 0 Å². The van der Waals surface area contributed by atoms with E-state index >= 15 is 0 Å². The third-order valence-corrected chi connectivity index (χ3v) is 3.27. The quantitative estimate of drug-likeness (QED) is 0.893. The summed E-state index contributed by atoms with van der Waals surface area (Å²) >= 11 is 3.50. The van der Waals surface area contributed by atoms with E-state index in [1.807, 2.05) is 24.3 Å². The Morgan fingerprint density at radius 2 is 1.94 bits per heavy atom. The van der Waals surface area contributed by atoms with Crippen molar-refractivity contribution in [1.82, 2.24) is 0 Å². The minimum Gasteiger partial charge on any atom is -0.508 e. The van der Waals surface area contributed by atoms with Gasteiger partial charge < -0.3 is 10.4 Å². The molecule has 17 heavy (non-hydrogen) atoms. The zero-order valence-electron chi connectivity index (χ0n) is 9.57. The highest BCUT2D eigenvalue weighted by Crippen LogP contribution is 2.25. The molecule has 0 saturated heterocycles. The molecule has 0 unspecified atom stereocenters. The summed E-state index contributed by atoms with van der Waals surface area (Å²) in [7, 11) is 0. The standard InChI is InChI=1S/C14H14BrNO/c1-10-6-7-12(15)13(8-10)16-9-11-4-2-3-5-14(11)17/h2-8,16-17H,9H2,1H3. The molecule has 0 aliphatic heterocycles. The fraction of sp³-hybridized carbons (Fsp3) is 0.143. The van der Waals surface area contributed by atoms with Gasteiger partial charge in [0.25, 0.3) is 0 Å². The van der Waals surface area contributed by atoms with Crippen LogP contribution in [-0.4, -0.2) is 5.11 Å². The van der Waals surface area contributed by atoms with E-state index in [0.29, 0.717) is 12.3 Å². The van der Waals surface area contributed by atoms with Crippen molar-refractivity contribution in [1.29, 1.82) is 0 Å². The van der Waals surface area contributed by atoms with Crippen LogP contribution in [0.15, 0.2) is 46.9 Å². The second kappa shape index (κ2) is 5.23. The first kappa shape index (κ1) is 12.0. The largest absolute Gasteiger partial charge is 0.508 e. The summed E-state index contributed by atoms with van der Waals surface area (Å²) in [6, 6.07) is 13.5. The summed E-state index contributed by atoms with van der Waals surface area (Å²) < 4.78 is 1.03. The molecule has 2 aromatic carbocycles. The average Bonchev–Trinajstić information content (AvgIpc) is 2.32. The topological polar surface area (TPSA) is 32.3 Å². The summed E-state index contributed by atoms with van der Waals surface area (Å²) in [6.07, 6.45) is 0. The fourth-order valence-electron chi connectivity index (χ4n) is 1.63. The lowest BCUT2D eigenvalue weighted by molar-refractivity contribution is 0.469. The van der Waals surface area contributed by atoms with Crippen LogP contribution >= 0.6 is 15.9 Å². The SMILES string of the molecule is Cc1ccc(Br)c(NCc2ccccc2O)c1. The lowest BCUT2D eigenvalue weighted by Crippen LogP contribution is -2.00. The van der Waals surface area contributed by atoms with E-state index in [-0.39, 0.29) is 0 Å². The van der Waals surface area contributed by atoms with Crippen LogP contribution in [0, 0.1) is 6.92 Å². The number of anilines is 1. The average molecular weight is 292 g/mol. The minimum atomic E-state index is 0.323.